The second-order valence-electron chi connectivity index (χ2n) is 10.3. The molecule has 2 atom stereocenters. The van der Waals surface area contributed by atoms with Gasteiger partial charge >= 0.3 is 12.1 Å². The molecule has 0 aromatic heterocycles. The van der Waals surface area contributed by atoms with E-state index in [-0.39, 0.29) is 24.4 Å². The Morgan fingerprint density at radius 2 is 1.45 bits per heavy atom. The summed E-state index contributed by atoms with van der Waals surface area (Å²) in [5.41, 5.74) is 2.19. The number of esters is 1. The number of Topliss-reactive ketones (excluding diaryl/α,β-unsaturated/α-hetero) is 1. The van der Waals surface area contributed by atoms with Crippen molar-refractivity contribution in [1.82, 2.24) is 5.32 Å². The Morgan fingerprint density at radius 1 is 0.842 bits per heavy atom. The first kappa shape index (κ1) is 25.7. The molecule has 3 aliphatic heterocycles. The number of rotatable bonds is 9. The first-order chi connectivity index (χ1) is 18.5. The average Bonchev–Trinajstić information content (AvgIpc) is 2.96. The van der Waals surface area contributed by atoms with Gasteiger partial charge in [0.05, 0.1) is 13.1 Å². The van der Waals surface area contributed by atoms with Crippen LogP contribution in [0, 0.1) is 5.92 Å². The van der Waals surface area contributed by atoms with Gasteiger partial charge in [-0.3, -0.25) is 4.79 Å². The number of nitrogens with zero attached hydrogens (tertiary/aromatic N) is 1. The summed E-state index contributed by atoms with van der Waals surface area (Å²) in [6.07, 6.45) is 0.818. The average molecular weight is 514 g/mol. The molecule has 0 radical (unpaired) electrons. The van der Waals surface area contributed by atoms with Crippen molar-refractivity contribution in [1.29, 1.82) is 0 Å². The third kappa shape index (κ3) is 6.11. The summed E-state index contributed by atoms with van der Waals surface area (Å²) in [7, 11) is 0. The molecule has 0 saturated carbocycles. The smallest absolute Gasteiger partial charge is 0.408 e. The van der Waals surface area contributed by atoms with Crippen molar-refractivity contribution in [3.63, 3.8) is 0 Å². The Kier molecular flexibility index (Phi) is 7.84. The second kappa shape index (κ2) is 11.6. The number of alkyl carbamates (subject to hydrolysis) is 1. The lowest BCUT2D eigenvalue weighted by Gasteiger charge is -2.51. The van der Waals surface area contributed by atoms with E-state index in [1.54, 1.807) is 12.1 Å². The Morgan fingerprint density at radius 3 is 2.11 bits per heavy atom. The molecular weight excluding hydrogens is 480 g/mol. The SMILES string of the molecule is O=C(N[C@@H](C(=O)O[C@H]1C[N+]2(CC(=O)c3ccccc3)CCC1CC2)c1ccccc1)OCc1ccccc1. The fourth-order valence-corrected chi connectivity index (χ4v) is 5.62. The molecule has 0 aliphatic carbocycles. The number of carbonyl (C=O) groups is 3. The lowest BCUT2D eigenvalue weighted by molar-refractivity contribution is -0.938. The van der Waals surface area contributed by atoms with Crippen LogP contribution in [0.25, 0.3) is 0 Å². The molecule has 1 amide bonds. The fourth-order valence-electron chi connectivity index (χ4n) is 5.62. The zero-order chi connectivity index (χ0) is 26.4. The number of carbonyl (C=O) groups excluding carboxylic acids is 3. The summed E-state index contributed by atoms with van der Waals surface area (Å²) in [5, 5.41) is 2.71. The van der Waals surface area contributed by atoms with Gasteiger partial charge in [-0.2, -0.15) is 0 Å². The van der Waals surface area contributed by atoms with E-state index in [4.69, 9.17) is 9.47 Å². The van der Waals surface area contributed by atoms with Gasteiger partial charge in [-0.25, -0.2) is 9.59 Å². The molecule has 3 fully saturated rings. The molecule has 38 heavy (non-hydrogen) atoms. The number of ether oxygens (including phenoxy) is 2. The molecule has 7 nitrogen and oxygen atoms in total. The number of hydrogen-bond donors (Lipinski definition) is 1. The zero-order valence-corrected chi connectivity index (χ0v) is 21.3. The van der Waals surface area contributed by atoms with Crippen LogP contribution in [-0.2, 0) is 20.9 Å². The van der Waals surface area contributed by atoms with E-state index in [0.29, 0.717) is 28.7 Å². The van der Waals surface area contributed by atoms with Crippen molar-refractivity contribution in [2.24, 2.45) is 5.92 Å². The number of fused-ring (bicyclic) bond motifs is 3. The highest BCUT2D eigenvalue weighted by molar-refractivity contribution is 5.97. The third-order valence-electron chi connectivity index (χ3n) is 7.73. The van der Waals surface area contributed by atoms with E-state index in [2.05, 4.69) is 5.32 Å². The molecule has 3 aromatic carbocycles. The predicted molar refractivity (Wildman–Crippen MR) is 142 cm³/mol. The molecule has 1 N–H and O–H groups in total. The maximum Gasteiger partial charge on any atom is 0.408 e. The van der Waals surface area contributed by atoms with E-state index in [1.807, 2.05) is 78.9 Å². The van der Waals surface area contributed by atoms with Crippen molar-refractivity contribution in [3.05, 3.63) is 108 Å². The van der Waals surface area contributed by atoms with Crippen LogP contribution in [0.2, 0.25) is 0 Å². The summed E-state index contributed by atoms with van der Waals surface area (Å²) in [6, 6.07) is 26.8. The minimum absolute atomic E-state index is 0.101. The summed E-state index contributed by atoms with van der Waals surface area (Å²) in [6.45, 7) is 2.92. The van der Waals surface area contributed by atoms with E-state index < -0.39 is 18.1 Å². The summed E-state index contributed by atoms with van der Waals surface area (Å²) < 4.78 is 12.1. The van der Waals surface area contributed by atoms with Gasteiger partial charge in [0, 0.05) is 24.3 Å². The molecule has 2 bridgehead atoms. The van der Waals surface area contributed by atoms with E-state index in [9.17, 15) is 14.4 Å². The van der Waals surface area contributed by atoms with Crippen LogP contribution < -0.4 is 5.32 Å². The lowest BCUT2D eigenvalue weighted by atomic mass is 9.82. The topological polar surface area (TPSA) is 81.7 Å². The van der Waals surface area contributed by atoms with Gasteiger partial charge in [0.15, 0.2) is 12.1 Å². The Bertz CT molecular complexity index is 1240. The Labute approximate surface area is 223 Å². The number of nitrogens with one attached hydrogen (secondary N) is 1. The molecule has 0 unspecified atom stereocenters. The number of amides is 1. The lowest BCUT2D eigenvalue weighted by Crippen LogP contribution is -2.66. The van der Waals surface area contributed by atoms with E-state index >= 15 is 0 Å². The third-order valence-corrected chi connectivity index (χ3v) is 7.73. The molecule has 7 heteroatoms. The minimum Gasteiger partial charge on any atom is -0.454 e. The van der Waals surface area contributed by atoms with Crippen molar-refractivity contribution >= 4 is 17.8 Å². The highest BCUT2D eigenvalue weighted by Gasteiger charge is 2.49. The normalized spacial score (nSPS) is 22.7. The number of hydrogen-bond acceptors (Lipinski definition) is 5. The fraction of sp³-hybridized carbons (Fsp3) is 0.323. The summed E-state index contributed by atoms with van der Waals surface area (Å²) >= 11 is 0. The maximum absolute atomic E-state index is 13.5. The molecule has 0 spiro atoms. The van der Waals surface area contributed by atoms with Crippen molar-refractivity contribution in [3.8, 4) is 0 Å². The zero-order valence-electron chi connectivity index (χ0n) is 21.3. The molecule has 3 saturated heterocycles. The quantitative estimate of drug-likeness (QED) is 0.255. The number of piperidine rings is 3. The van der Waals surface area contributed by atoms with Crippen LogP contribution in [0.5, 0.6) is 0 Å². The molecule has 3 aromatic rings. The molecule has 3 aliphatic rings. The molecule has 6 rings (SSSR count). The first-order valence-corrected chi connectivity index (χ1v) is 13.2. The maximum atomic E-state index is 13.5. The number of quaternary nitrogens is 1. The predicted octanol–water partition coefficient (Wildman–Crippen LogP) is 4.69. The van der Waals surface area contributed by atoms with Crippen LogP contribution in [0.15, 0.2) is 91.0 Å². The Balaban J connectivity index is 1.25. The summed E-state index contributed by atoms with van der Waals surface area (Å²) in [5.74, 6) is -0.146. The van der Waals surface area contributed by atoms with Gasteiger partial charge in [-0.05, 0) is 11.1 Å². The minimum atomic E-state index is -0.991. The van der Waals surface area contributed by atoms with Crippen LogP contribution in [0.4, 0.5) is 4.79 Å². The van der Waals surface area contributed by atoms with Crippen LogP contribution in [0.1, 0.15) is 40.4 Å². The van der Waals surface area contributed by atoms with Crippen molar-refractivity contribution in [2.45, 2.75) is 31.6 Å². The molecule has 3 heterocycles. The van der Waals surface area contributed by atoms with Gasteiger partial charge in [0.25, 0.3) is 0 Å². The molecule has 196 valence electrons. The monoisotopic (exact) mass is 513 g/mol. The van der Waals surface area contributed by atoms with Crippen LogP contribution in [-0.4, -0.2) is 54.6 Å². The van der Waals surface area contributed by atoms with Crippen molar-refractivity contribution < 1.29 is 28.3 Å². The summed E-state index contributed by atoms with van der Waals surface area (Å²) in [4.78, 5) is 39.1. The first-order valence-electron chi connectivity index (χ1n) is 13.2. The van der Waals surface area contributed by atoms with Crippen LogP contribution in [0.3, 0.4) is 0 Å². The van der Waals surface area contributed by atoms with Gasteiger partial charge in [0.2, 0.25) is 5.78 Å². The highest BCUT2D eigenvalue weighted by Crippen LogP contribution is 2.36. The molecular formula is C31H33N2O5+. The second-order valence-corrected chi connectivity index (χ2v) is 10.3. The standard InChI is InChI=1S/C31H32N2O5/c34-27(24-12-6-2-7-13-24)20-33-18-16-25(17-19-33)28(21-33)38-30(35)29(26-14-8-3-9-15-26)32-31(36)37-22-23-10-4-1-5-11-23/h1-15,25,28-29H,16-22H2/p+1/t25?,28-,29+,33?/m0/s1. The van der Waals surface area contributed by atoms with Crippen LogP contribution >= 0.6 is 0 Å². The number of ketones is 1. The van der Waals surface area contributed by atoms with E-state index in [0.717, 1.165) is 31.5 Å². The largest absolute Gasteiger partial charge is 0.454 e. The van der Waals surface area contributed by atoms with Gasteiger partial charge in [-0.15, -0.1) is 0 Å². The highest BCUT2D eigenvalue weighted by atomic mass is 16.6. The number of benzene rings is 3. The van der Waals surface area contributed by atoms with Gasteiger partial charge < -0.3 is 19.3 Å². The Hall–Kier alpha value is -3.97. The van der Waals surface area contributed by atoms with Gasteiger partial charge in [-0.1, -0.05) is 91.0 Å². The van der Waals surface area contributed by atoms with Gasteiger partial charge in [0.1, 0.15) is 19.7 Å². The van der Waals surface area contributed by atoms with E-state index in [1.165, 1.54) is 0 Å². The van der Waals surface area contributed by atoms with Crippen molar-refractivity contribution in [2.75, 3.05) is 26.2 Å².